The van der Waals surface area contributed by atoms with Crippen molar-refractivity contribution in [1.29, 1.82) is 0 Å². The Morgan fingerprint density at radius 2 is 1.62 bits per heavy atom. The molecule has 0 aliphatic carbocycles. The van der Waals surface area contributed by atoms with E-state index in [0.717, 1.165) is 3.97 Å². The number of benzene rings is 2. The SMILES string of the molecule is O=C(Nc1ccn(S(=O)(=O)c2ccccc2Cl)c1)c1ccccc1. The van der Waals surface area contributed by atoms with Crippen molar-refractivity contribution in [3.05, 3.63) is 83.6 Å². The molecule has 122 valence electrons. The van der Waals surface area contributed by atoms with Crippen LogP contribution in [0.3, 0.4) is 0 Å². The van der Waals surface area contributed by atoms with E-state index in [1.165, 1.54) is 30.6 Å². The first kappa shape index (κ1) is 16.3. The Hall–Kier alpha value is -2.57. The Kier molecular flexibility index (Phi) is 4.42. The summed E-state index contributed by atoms with van der Waals surface area (Å²) in [6.07, 6.45) is 2.69. The average Bonchev–Trinajstić information content (AvgIpc) is 3.05. The minimum Gasteiger partial charge on any atom is -0.321 e. The number of carbonyl (C=O) groups excluding carboxylic acids is 1. The predicted octanol–water partition coefficient (Wildman–Crippen LogP) is 3.63. The van der Waals surface area contributed by atoms with Crippen molar-refractivity contribution in [3.63, 3.8) is 0 Å². The zero-order valence-corrected chi connectivity index (χ0v) is 14.0. The van der Waals surface area contributed by atoms with E-state index in [1.54, 1.807) is 36.4 Å². The van der Waals surface area contributed by atoms with Gasteiger partial charge in [-0.3, -0.25) is 4.79 Å². The molecule has 1 aromatic heterocycles. The summed E-state index contributed by atoms with van der Waals surface area (Å²) in [7, 11) is -3.82. The van der Waals surface area contributed by atoms with Crippen molar-refractivity contribution in [2.75, 3.05) is 5.32 Å². The summed E-state index contributed by atoms with van der Waals surface area (Å²) in [6, 6.07) is 16.4. The molecule has 0 atom stereocenters. The molecule has 0 aliphatic rings. The molecule has 3 rings (SSSR count). The average molecular weight is 361 g/mol. The van der Waals surface area contributed by atoms with Gasteiger partial charge < -0.3 is 5.32 Å². The fourth-order valence-corrected chi connectivity index (χ4v) is 3.85. The second-order valence-corrected chi connectivity index (χ2v) is 7.20. The van der Waals surface area contributed by atoms with Crippen molar-refractivity contribution >= 4 is 33.2 Å². The minimum absolute atomic E-state index is 0.00297. The van der Waals surface area contributed by atoms with Gasteiger partial charge in [-0.2, -0.15) is 0 Å². The molecular formula is C17H13ClN2O3S. The van der Waals surface area contributed by atoms with Crippen molar-refractivity contribution in [2.45, 2.75) is 4.90 Å². The summed E-state index contributed by atoms with van der Waals surface area (Å²) in [5.74, 6) is -0.316. The lowest BCUT2D eigenvalue weighted by molar-refractivity contribution is 0.102. The summed E-state index contributed by atoms with van der Waals surface area (Å²) in [5, 5.41) is 2.80. The van der Waals surface area contributed by atoms with E-state index in [0.29, 0.717) is 11.3 Å². The second-order valence-electron chi connectivity index (χ2n) is 4.99. The Morgan fingerprint density at radius 1 is 0.958 bits per heavy atom. The van der Waals surface area contributed by atoms with E-state index < -0.39 is 10.0 Å². The van der Waals surface area contributed by atoms with Gasteiger partial charge in [-0.25, -0.2) is 12.4 Å². The molecule has 2 aromatic carbocycles. The lowest BCUT2D eigenvalue weighted by Gasteiger charge is -2.07. The van der Waals surface area contributed by atoms with Gasteiger partial charge in [0.2, 0.25) is 0 Å². The quantitative estimate of drug-likeness (QED) is 0.772. The van der Waals surface area contributed by atoms with Crippen LogP contribution >= 0.6 is 11.6 Å². The van der Waals surface area contributed by atoms with Gasteiger partial charge in [0, 0.05) is 18.0 Å². The molecule has 0 radical (unpaired) electrons. The number of amides is 1. The van der Waals surface area contributed by atoms with Crippen LogP contribution in [0.5, 0.6) is 0 Å². The van der Waals surface area contributed by atoms with Gasteiger partial charge in [-0.15, -0.1) is 0 Å². The highest BCUT2D eigenvalue weighted by Gasteiger charge is 2.20. The largest absolute Gasteiger partial charge is 0.321 e. The third kappa shape index (κ3) is 3.20. The van der Waals surface area contributed by atoms with Crippen LogP contribution in [0, 0.1) is 0 Å². The molecule has 0 saturated carbocycles. The molecule has 24 heavy (non-hydrogen) atoms. The molecule has 0 fully saturated rings. The zero-order valence-electron chi connectivity index (χ0n) is 12.4. The first-order valence-corrected chi connectivity index (χ1v) is 8.85. The Morgan fingerprint density at radius 3 is 2.33 bits per heavy atom. The summed E-state index contributed by atoms with van der Waals surface area (Å²) in [5.41, 5.74) is 0.860. The summed E-state index contributed by atoms with van der Waals surface area (Å²) < 4.78 is 26.2. The normalized spacial score (nSPS) is 11.2. The standard InChI is InChI=1S/C17H13ClN2O3S/c18-15-8-4-5-9-16(15)24(22,23)20-11-10-14(12-20)19-17(21)13-6-2-1-3-7-13/h1-12H,(H,19,21). The highest BCUT2D eigenvalue weighted by atomic mass is 35.5. The molecule has 1 heterocycles. The van der Waals surface area contributed by atoms with Crippen LogP contribution in [-0.4, -0.2) is 18.3 Å². The number of carbonyl (C=O) groups is 1. The molecule has 1 amide bonds. The van der Waals surface area contributed by atoms with Crippen LogP contribution in [-0.2, 0) is 10.0 Å². The summed E-state index contributed by atoms with van der Waals surface area (Å²) in [4.78, 5) is 12.1. The van der Waals surface area contributed by atoms with Gasteiger partial charge in [0.1, 0.15) is 4.90 Å². The molecule has 0 aliphatic heterocycles. The summed E-state index contributed by atoms with van der Waals surface area (Å²) >= 11 is 5.97. The fraction of sp³-hybridized carbons (Fsp3) is 0. The Bertz CT molecular complexity index is 982. The molecule has 0 spiro atoms. The van der Waals surface area contributed by atoms with E-state index in [9.17, 15) is 13.2 Å². The number of nitrogens with zero attached hydrogens (tertiary/aromatic N) is 1. The molecule has 1 N–H and O–H groups in total. The van der Waals surface area contributed by atoms with Crippen molar-refractivity contribution in [1.82, 2.24) is 3.97 Å². The van der Waals surface area contributed by atoms with Crippen molar-refractivity contribution < 1.29 is 13.2 Å². The number of anilines is 1. The summed E-state index contributed by atoms with van der Waals surface area (Å²) in [6.45, 7) is 0. The fourth-order valence-electron chi connectivity index (χ4n) is 2.16. The van der Waals surface area contributed by atoms with Gasteiger partial charge in [0.15, 0.2) is 0 Å². The maximum atomic E-state index is 12.6. The van der Waals surface area contributed by atoms with Crippen LogP contribution in [0.2, 0.25) is 5.02 Å². The van der Waals surface area contributed by atoms with Crippen LogP contribution < -0.4 is 5.32 Å². The van der Waals surface area contributed by atoms with E-state index >= 15 is 0 Å². The lowest BCUT2D eigenvalue weighted by Crippen LogP contribution is -2.13. The third-order valence-corrected chi connectivity index (χ3v) is 5.49. The predicted molar refractivity (Wildman–Crippen MR) is 92.9 cm³/mol. The van der Waals surface area contributed by atoms with E-state index in [2.05, 4.69) is 5.32 Å². The van der Waals surface area contributed by atoms with Crippen molar-refractivity contribution in [3.8, 4) is 0 Å². The second kappa shape index (κ2) is 6.51. The first-order valence-electron chi connectivity index (χ1n) is 7.03. The van der Waals surface area contributed by atoms with E-state index in [4.69, 9.17) is 11.6 Å². The molecule has 0 saturated heterocycles. The van der Waals surface area contributed by atoms with Crippen LogP contribution in [0.25, 0.3) is 0 Å². The van der Waals surface area contributed by atoms with Crippen LogP contribution in [0.4, 0.5) is 5.69 Å². The number of hydrogen-bond acceptors (Lipinski definition) is 3. The van der Waals surface area contributed by atoms with Gasteiger partial charge in [-0.05, 0) is 30.3 Å². The van der Waals surface area contributed by atoms with E-state index in [-0.39, 0.29) is 15.8 Å². The van der Waals surface area contributed by atoms with Gasteiger partial charge in [0.25, 0.3) is 15.9 Å². The number of nitrogens with one attached hydrogen (secondary N) is 1. The highest BCUT2D eigenvalue weighted by Crippen LogP contribution is 2.24. The molecule has 7 heteroatoms. The molecule has 0 bridgehead atoms. The molecule has 3 aromatic rings. The Balaban J connectivity index is 1.86. The molecular weight excluding hydrogens is 348 g/mol. The number of halogens is 1. The third-order valence-electron chi connectivity index (χ3n) is 3.35. The first-order chi connectivity index (χ1) is 11.5. The van der Waals surface area contributed by atoms with Crippen LogP contribution in [0.1, 0.15) is 10.4 Å². The van der Waals surface area contributed by atoms with Gasteiger partial charge >= 0.3 is 0 Å². The maximum Gasteiger partial charge on any atom is 0.269 e. The van der Waals surface area contributed by atoms with Crippen molar-refractivity contribution in [2.24, 2.45) is 0 Å². The van der Waals surface area contributed by atoms with Gasteiger partial charge in [0.05, 0.1) is 10.7 Å². The zero-order chi connectivity index (χ0) is 17.2. The van der Waals surface area contributed by atoms with E-state index in [1.807, 2.05) is 6.07 Å². The van der Waals surface area contributed by atoms with Crippen LogP contribution in [0.15, 0.2) is 78.0 Å². The molecule has 5 nitrogen and oxygen atoms in total. The number of hydrogen-bond donors (Lipinski definition) is 1. The Labute approximate surface area is 144 Å². The topological polar surface area (TPSA) is 68.2 Å². The lowest BCUT2D eigenvalue weighted by atomic mass is 10.2. The number of aromatic nitrogens is 1. The minimum atomic E-state index is -3.82. The highest BCUT2D eigenvalue weighted by molar-refractivity contribution is 7.90. The smallest absolute Gasteiger partial charge is 0.269 e. The number of rotatable bonds is 4. The van der Waals surface area contributed by atoms with Gasteiger partial charge in [-0.1, -0.05) is 41.9 Å². The monoisotopic (exact) mass is 360 g/mol. The molecule has 0 unspecified atom stereocenters. The maximum absolute atomic E-state index is 12.6.